The second-order valence-corrected chi connectivity index (χ2v) is 3.26. The molecule has 0 unspecified atom stereocenters. The predicted octanol–water partition coefficient (Wildman–Crippen LogP) is 2.05. The van der Waals surface area contributed by atoms with Crippen molar-refractivity contribution < 1.29 is 0 Å². The lowest BCUT2D eigenvalue weighted by Crippen LogP contribution is -1.96. The zero-order valence-corrected chi connectivity index (χ0v) is 8.59. The summed E-state index contributed by atoms with van der Waals surface area (Å²) in [5.41, 5.74) is 6.36. The molecular weight excluding hydrogens is 206 g/mol. The number of thiol groups is 1. The third-order valence-corrected chi connectivity index (χ3v) is 1.86. The monoisotopic (exact) mass is 215 g/mol. The number of hydrogen-bond acceptors (Lipinski definition) is 4. The van der Waals surface area contributed by atoms with Crippen molar-refractivity contribution >= 4 is 36.1 Å². The van der Waals surface area contributed by atoms with Crippen LogP contribution in [0.2, 0.25) is 5.15 Å². The standard InChI is InChI=1S/C8H10ClN3S/c9-7-5-6(3-1-2-4-13)8(10)12-11-7/h1,3,5,13H,2,4H2,(H2,10,12). The van der Waals surface area contributed by atoms with Crippen LogP contribution in [0.3, 0.4) is 0 Å². The smallest absolute Gasteiger partial charge is 0.153 e. The topological polar surface area (TPSA) is 51.8 Å². The molecule has 13 heavy (non-hydrogen) atoms. The predicted molar refractivity (Wildman–Crippen MR) is 59.0 cm³/mol. The number of aromatic nitrogens is 2. The molecule has 2 N–H and O–H groups in total. The number of nitrogen functional groups attached to an aromatic ring is 1. The number of anilines is 1. The van der Waals surface area contributed by atoms with Crippen LogP contribution in [0.1, 0.15) is 12.0 Å². The van der Waals surface area contributed by atoms with Crippen LogP contribution in [0.5, 0.6) is 0 Å². The fraction of sp³-hybridized carbons (Fsp3) is 0.250. The first-order valence-corrected chi connectivity index (χ1v) is 4.81. The minimum absolute atomic E-state index is 0.347. The van der Waals surface area contributed by atoms with Crippen molar-refractivity contribution in [3.05, 3.63) is 22.9 Å². The minimum atomic E-state index is 0.347. The van der Waals surface area contributed by atoms with Crippen molar-refractivity contribution in [3.8, 4) is 0 Å². The molecule has 0 amide bonds. The number of nitrogens with two attached hydrogens (primary N) is 1. The highest BCUT2D eigenvalue weighted by molar-refractivity contribution is 7.80. The van der Waals surface area contributed by atoms with Crippen LogP contribution in [-0.4, -0.2) is 16.0 Å². The van der Waals surface area contributed by atoms with Gasteiger partial charge in [-0.3, -0.25) is 0 Å². The average Bonchev–Trinajstić information content (AvgIpc) is 2.11. The van der Waals surface area contributed by atoms with E-state index in [1.54, 1.807) is 6.07 Å². The van der Waals surface area contributed by atoms with E-state index in [1.807, 2.05) is 12.2 Å². The Hall–Kier alpha value is -0.740. The largest absolute Gasteiger partial charge is 0.382 e. The average molecular weight is 216 g/mol. The first-order chi connectivity index (χ1) is 6.24. The summed E-state index contributed by atoms with van der Waals surface area (Å²) in [5, 5.41) is 7.64. The molecule has 0 fully saturated rings. The fourth-order valence-corrected chi connectivity index (χ4v) is 1.11. The fourth-order valence-electron chi connectivity index (χ4n) is 0.809. The molecular formula is C8H10ClN3S. The third-order valence-electron chi connectivity index (χ3n) is 1.42. The number of rotatable bonds is 3. The number of hydrogen-bond donors (Lipinski definition) is 2. The van der Waals surface area contributed by atoms with Gasteiger partial charge in [-0.25, -0.2) is 0 Å². The van der Waals surface area contributed by atoms with E-state index in [2.05, 4.69) is 22.8 Å². The number of nitrogens with zero attached hydrogens (tertiary/aromatic N) is 2. The zero-order valence-electron chi connectivity index (χ0n) is 6.94. The molecule has 1 heterocycles. The maximum Gasteiger partial charge on any atom is 0.153 e. The summed E-state index contributed by atoms with van der Waals surface area (Å²) in [5.74, 6) is 1.20. The minimum Gasteiger partial charge on any atom is -0.382 e. The highest BCUT2D eigenvalue weighted by Gasteiger charge is 1.98. The lowest BCUT2D eigenvalue weighted by Gasteiger charge is -1.97. The van der Waals surface area contributed by atoms with E-state index in [9.17, 15) is 0 Å². The van der Waals surface area contributed by atoms with Crippen LogP contribution < -0.4 is 5.73 Å². The van der Waals surface area contributed by atoms with Crippen molar-refractivity contribution in [2.45, 2.75) is 6.42 Å². The van der Waals surface area contributed by atoms with E-state index in [0.717, 1.165) is 17.7 Å². The molecule has 1 rings (SSSR count). The van der Waals surface area contributed by atoms with Crippen molar-refractivity contribution in [1.29, 1.82) is 0 Å². The van der Waals surface area contributed by atoms with E-state index < -0.39 is 0 Å². The Bertz CT molecular complexity index is 314. The van der Waals surface area contributed by atoms with Gasteiger partial charge in [0.2, 0.25) is 0 Å². The Morgan fingerprint density at radius 3 is 3.00 bits per heavy atom. The van der Waals surface area contributed by atoms with E-state index in [1.165, 1.54) is 0 Å². The summed E-state index contributed by atoms with van der Waals surface area (Å²) >= 11 is 9.73. The second kappa shape index (κ2) is 5.09. The molecule has 0 radical (unpaired) electrons. The lowest BCUT2D eigenvalue weighted by molar-refractivity contribution is 1.04. The van der Waals surface area contributed by atoms with Gasteiger partial charge in [0, 0.05) is 5.56 Å². The molecule has 0 aliphatic rings. The van der Waals surface area contributed by atoms with E-state index in [4.69, 9.17) is 17.3 Å². The van der Waals surface area contributed by atoms with Crippen molar-refractivity contribution in [1.82, 2.24) is 10.2 Å². The van der Waals surface area contributed by atoms with Gasteiger partial charge in [-0.1, -0.05) is 23.8 Å². The van der Waals surface area contributed by atoms with Crippen LogP contribution in [0.4, 0.5) is 5.82 Å². The van der Waals surface area contributed by atoms with Gasteiger partial charge in [0.1, 0.15) is 0 Å². The normalized spacial score (nSPS) is 10.9. The van der Waals surface area contributed by atoms with Gasteiger partial charge in [0.15, 0.2) is 11.0 Å². The quantitative estimate of drug-likeness (QED) is 0.759. The van der Waals surface area contributed by atoms with Gasteiger partial charge in [-0.05, 0) is 18.2 Å². The van der Waals surface area contributed by atoms with Crippen LogP contribution in [-0.2, 0) is 0 Å². The summed E-state index contributed by atoms with van der Waals surface area (Å²) < 4.78 is 0. The summed E-state index contributed by atoms with van der Waals surface area (Å²) in [6, 6.07) is 1.68. The first-order valence-electron chi connectivity index (χ1n) is 3.80. The van der Waals surface area contributed by atoms with Gasteiger partial charge in [0.05, 0.1) is 0 Å². The molecule has 0 aromatic carbocycles. The summed E-state index contributed by atoms with van der Waals surface area (Å²) in [4.78, 5) is 0. The summed E-state index contributed by atoms with van der Waals surface area (Å²) in [6.07, 6.45) is 4.73. The zero-order chi connectivity index (χ0) is 9.68. The van der Waals surface area contributed by atoms with Gasteiger partial charge in [-0.15, -0.1) is 10.2 Å². The molecule has 0 atom stereocenters. The molecule has 0 aliphatic heterocycles. The van der Waals surface area contributed by atoms with E-state index >= 15 is 0 Å². The molecule has 1 aromatic rings. The van der Waals surface area contributed by atoms with Crippen LogP contribution in [0.25, 0.3) is 6.08 Å². The molecule has 0 aliphatic carbocycles. The van der Waals surface area contributed by atoms with E-state index in [0.29, 0.717) is 11.0 Å². The Morgan fingerprint density at radius 2 is 2.31 bits per heavy atom. The van der Waals surface area contributed by atoms with Gasteiger partial charge in [-0.2, -0.15) is 12.6 Å². The summed E-state index contributed by atoms with van der Waals surface area (Å²) in [6.45, 7) is 0. The molecule has 1 aromatic heterocycles. The molecule has 70 valence electrons. The molecule has 0 saturated heterocycles. The number of halogens is 1. The SMILES string of the molecule is Nc1nnc(Cl)cc1C=CCCS. The van der Waals surface area contributed by atoms with Crippen LogP contribution >= 0.6 is 24.2 Å². The molecule has 0 saturated carbocycles. The Labute approximate surface area is 87.4 Å². The molecule has 5 heteroatoms. The lowest BCUT2D eigenvalue weighted by atomic mass is 10.2. The molecule has 3 nitrogen and oxygen atoms in total. The molecule has 0 bridgehead atoms. The molecule has 0 spiro atoms. The summed E-state index contributed by atoms with van der Waals surface area (Å²) in [7, 11) is 0. The highest BCUT2D eigenvalue weighted by Crippen LogP contribution is 2.13. The van der Waals surface area contributed by atoms with Crippen molar-refractivity contribution in [2.24, 2.45) is 0 Å². The second-order valence-electron chi connectivity index (χ2n) is 2.42. The first kappa shape index (κ1) is 10.3. The van der Waals surface area contributed by atoms with Crippen molar-refractivity contribution in [3.63, 3.8) is 0 Å². The maximum absolute atomic E-state index is 5.65. The van der Waals surface area contributed by atoms with Crippen LogP contribution in [0, 0.1) is 0 Å². The maximum atomic E-state index is 5.65. The Kier molecular flexibility index (Phi) is 4.05. The van der Waals surface area contributed by atoms with E-state index in [-0.39, 0.29) is 0 Å². The Balaban J connectivity index is 2.81. The number of allylic oxidation sites excluding steroid dienone is 1. The van der Waals surface area contributed by atoms with Gasteiger partial charge < -0.3 is 5.73 Å². The van der Waals surface area contributed by atoms with Crippen molar-refractivity contribution in [2.75, 3.05) is 11.5 Å². The highest BCUT2D eigenvalue weighted by atomic mass is 35.5. The van der Waals surface area contributed by atoms with Gasteiger partial charge in [0.25, 0.3) is 0 Å². The van der Waals surface area contributed by atoms with Crippen LogP contribution in [0.15, 0.2) is 12.1 Å². The van der Waals surface area contributed by atoms with Gasteiger partial charge >= 0.3 is 0 Å². The third kappa shape index (κ3) is 3.24. The Morgan fingerprint density at radius 1 is 1.54 bits per heavy atom.